The monoisotopic (exact) mass is 387 g/mol. The average Bonchev–Trinajstić information content (AvgIpc) is 3.09. The second kappa shape index (κ2) is 9.41. The number of rotatable bonds is 7. The highest BCUT2D eigenvalue weighted by molar-refractivity contribution is 6.01. The van der Waals surface area contributed by atoms with Crippen LogP contribution in [0.3, 0.4) is 0 Å². The van der Waals surface area contributed by atoms with Gasteiger partial charge in [-0.3, -0.25) is 14.5 Å². The fourth-order valence-corrected chi connectivity index (χ4v) is 4.06. The third kappa shape index (κ3) is 4.85. The van der Waals surface area contributed by atoms with Gasteiger partial charge in [0.25, 0.3) is 0 Å². The Morgan fingerprint density at radius 1 is 1.29 bits per heavy atom. The topological polar surface area (TPSA) is 61.9 Å². The number of carbonyl (C=O) groups is 2. The van der Waals surface area contributed by atoms with E-state index in [1.165, 1.54) is 12.8 Å². The second-order valence-electron chi connectivity index (χ2n) is 8.12. The normalized spacial score (nSPS) is 22.3. The number of amides is 2. The molecular weight excluding hydrogens is 354 g/mol. The molecule has 2 aliphatic rings. The van der Waals surface area contributed by atoms with E-state index < -0.39 is 0 Å². The van der Waals surface area contributed by atoms with Gasteiger partial charge in [0.2, 0.25) is 11.8 Å². The van der Waals surface area contributed by atoms with Crippen molar-refractivity contribution in [2.45, 2.75) is 46.1 Å². The van der Waals surface area contributed by atoms with Crippen LogP contribution >= 0.6 is 0 Å². The van der Waals surface area contributed by atoms with E-state index in [1.54, 1.807) is 4.90 Å². The Morgan fingerprint density at radius 2 is 2.00 bits per heavy atom. The number of piperidine rings is 1. The molecule has 2 fully saturated rings. The van der Waals surface area contributed by atoms with Gasteiger partial charge in [-0.25, -0.2) is 0 Å². The van der Waals surface area contributed by atoms with Crippen molar-refractivity contribution >= 4 is 17.5 Å². The molecule has 2 atom stereocenters. The van der Waals surface area contributed by atoms with E-state index in [0.717, 1.165) is 24.7 Å². The SMILES string of the molecule is CCOc1ccccc1N1CC(C(=O)NCC(C)N2CCC(C)CC2)CC1=O. The number of nitrogens with one attached hydrogen (secondary N) is 1. The van der Waals surface area contributed by atoms with E-state index in [0.29, 0.717) is 31.5 Å². The van der Waals surface area contributed by atoms with Crippen molar-refractivity contribution in [1.82, 2.24) is 10.2 Å². The van der Waals surface area contributed by atoms with Gasteiger partial charge in [-0.2, -0.15) is 0 Å². The Bertz CT molecular complexity index is 685. The number of carbonyl (C=O) groups excluding carboxylic acids is 2. The first-order valence-corrected chi connectivity index (χ1v) is 10.5. The average molecular weight is 388 g/mol. The number of hydrogen-bond acceptors (Lipinski definition) is 4. The summed E-state index contributed by atoms with van der Waals surface area (Å²) in [6, 6.07) is 7.84. The number of likely N-dealkylation sites (tertiary alicyclic amines) is 1. The van der Waals surface area contributed by atoms with Crippen molar-refractivity contribution in [3.05, 3.63) is 24.3 Å². The molecule has 1 aromatic rings. The van der Waals surface area contributed by atoms with Gasteiger partial charge in [-0.1, -0.05) is 19.1 Å². The lowest BCUT2D eigenvalue weighted by atomic mass is 9.98. The first-order valence-electron chi connectivity index (χ1n) is 10.5. The van der Waals surface area contributed by atoms with Crippen molar-refractivity contribution in [3.8, 4) is 5.75 Å². The number of anilines is 1. The van der Waals surface area contributed by atoms with Crippen LogP contribution in [0.4, 0.5) is 5.69 Å². The Labute approximate surface area is 168 Å². The highest BCUT2D eigenvalue weighted by atomic mass is 16.5. The largest absolute Gasteiger partial charge is 0.492 e. The standard InChI is InChI=1S/C22H33N3O3/c1-4-28-20-8-6-5-7-19(20)25-15-18(13-21(25)26)22(27)23-14-17(3)24-11-9-16(2)10-12-24/h5-8,16-18H,4,9-15H2,1-3H3,(H,23,27). The fraction of sp³-hybridized carbons (Fsp3) is 0.636. The molecule has 2 heterocycles. The van der Waals surface area contributed by atoms with Gasteiger partial charge in [-0.15, -0.1) is 0 Å². The van der Waals surface area contributed by atoms with Crippen LogP contribution in [0.5, 0.6) is 5.75 Å². The summed E-state index contributed by atoms with van der Waals surface area (Å²) in [5.41, 5.74) is 0.750. The van der Waals surface area contributed by atoms with Crippen LogP contribution in [0.2, 0.25) is 0 Å². The zero-order chi connectivity index (χ0) is 20.1. The predicted molar refractivity (Wildman–Crippen MR) is 111 cm³/mol. The highest BCUT2D eigenvalue weighted by Gasteiger charge is 2.36. The molecule has 0 saturated carbocycles. The smallest absolute Gasteiger partial charge is 0.227 e. The predicted octanol–water partition coefficient (Wildman–Crippen LogP) is 2.67. The van der Waals surface area contributed by atoms with Crippen molar-refractivity contribution in [3.63, 3.8) is 0 Å². The van der Waals surface area contributed by atoms with Gasteiger partial charge in [0.05, 0.1) is 18.2 Å². The second-order valence-corrected chi connectivity index (χ2v) is 8.12. The number of para-hydroxylation sites is 2. The molecule has 2 unspecified atom stereocenters. The van der Waals surface area contributed by atoms with Crippen molar-refractivity contribution in [2.75, 3.05) is 37.7 Å². The molecule has 3 rings (SSSR count). The van der Waals surface area contributed by atoms with Crippen LogP contribution in [0, 0.1) is 11.8 Å². The molecule has 2 saturated heterocycles. The fourth-order valence-electron chi connectivity index (χ4n) is 4.06. The molecule has 0 radical (unpaired) electrons. The minimum absolute atomic E-state index is 0.0228. The zero-order valence-corrected chi connectivity index (χ0v) is 17.3. The minimum Gasteiger partial charge on any atom is -0.492 e. The Hall–Kier alpha value is -2.08. The van der Waals surface area contributed by atoms with Crippen molar-refractivity contribution in [2.24, 2.45) is 11.8 Å². The molecule has 1 aromatic carbocycles. The molecule has 6 nitrogen and oxygen atoms in total. The lowest BCUT2D eigenvalue weighted by Gasteiger charge is -2.35. The summed E-state index contributed by atoms with van der Waals surface area (Å²) >= 11 is 0. The molecule has 0 aliphatic carbocycles. The molecule has 154 valence electrons. The molecule has 0 spiro atoms. The van der Waals surface area contributed by atoms with E-state index in [4.69, 9.17) is 4.74 Å². The number of hydrogen-bond donors (Lipinski definition) is 1. The third-order valence-corrected chi connectivity index (χ3v) is 5.96. The van der Waals surface area contributed by atoms with E-state index in [1.807, 2.05) is 31.2 Å². The molecule has 2 amide bonds. The van der Waals surface area contributed by atoms with Gasteiger partial charge in [0.1, 0.15) is 5.75 Å². The lowest BCUT2D eigenvalue weighted by molar-refractivity contribution is -0.126. The van der Waals surface area contributed by atoms with Crippen LogP contribution in [0.15, 0.2) is 24.3 Å². The molecule has 0 bridgehead atoms. The van der Waals surface area contributed by atoms with Gasteiger partial charge in [-0.05, 0) is 57.8 Å². The molecule has 2 aliphatic heterocycles. The number of ether oxygens (including phenoxy) is 1. The summed E-state index contributed by atoms with van der Waals surface area (Å²) in [7, 11) is 0. The van der Waals surface area contributed by atoms with Gasteiger partial charge in [0.15, 0.2) is 0 Å². The number of benzene rings is 1. The molecule has 6 heteroatoms. The van der Waals surface area contributed by atoms with Crippen LogP contribution < -0.4 is 15.0 Å². The van der Waals surface area contributed by atoms with Crippen molar-refractivity contribution < 1.29 is 14.3 Å². The molecule has 28 heavy (non-hydrogen) atoms. The van der Waals surface area contributed by atoms with Crippen LogP contribution in [-0.4, -0.2) is 55.5 Å². The maximum absolute atomic E-state index is 12.7. The maximum atomic E-state index is 12.7. The minimum atomic E-state index is -0.309. The van der Waals surface area contributed by atoms with Crippen LogP contribution in [-0.2, 0) is 9.59 Å². The summed E-state index contributed by atoms with van der Waals surface area (Å²) in [5.74, 6) is 1.13. The van der Waals surface area contributed by atoms with E-state index in [9.17, 15) is 9.59 Å². The summed E-state index contributed by atoms with van der Waals surface area (Å²) in [5, 5.41) is 3.07. The summed E-state index contributed by atoms with van der Waals surface area (Å²) in [6.07, 6.45) is 2.70. The summed E-state index contributed by atoms with van der Waals surface area (Å²) in [6.45, 7) is 10.2. The summed E-state index contributed by atoms with van der Waals surface area (Å²) < 4.78 is 5.65. The Morgan fingerprint density at radius 3 is 2.71 bits per heavy atom. The first kappa shape index (κ1) is 20.6. The lowest BCUT2D eigenvalue weighted by Crippen LogP contribution is -2.46. The maximum Gasteiger partial charge on any atom is 0.227 e. The number of nitrogens with zero attached hydrogens (tertiary/aromatic N) is 2. The highest BCUT2D eigenvalue weighted by Crippen LogP contribution is 2.33. The van der Waals surface area contributed by atoms with Gasteiger partial charge >= 0.3 is 0 Å². The Balaban J connectivity index is 1.54. The quantitative estimate of drug-likeness (QED) is 0.781. The summed E-state index contributed by atoms with van der Waals surface area (Å²) in [4.78, 5) is 29.4. The van der Waals surface area contributed by atoms with E-state index in [2.05, 4.69) is 24.1 Å². The van der Waals surface area contributed by atoms with Crippen LogP contribution in [0.1, 0.15) is 40.0 Å². The van der Waals surface area contributed by atoms with E-state index in [-0.39, 0.29) is 24.2 Å². The molecule has 0 aromatic heterocycles. The zero-order valence-electron chi connectivity index (χ0n) is 17.3. The first-order chi connectivity index (χ1) is 13.5. The molecule has 1 N–H and O–H groups in total. The van der Waals surface area contributed by atoms with Gasteiger partial charge in [0, 0.05) is 25.6 Å². The van der Waals surface area contributed by atoms with Crippen molar-refractivity contribution in [1.29, 1.82) is 0 Å². The third-order valence-electron chi connectivity index (χ3n) is 5.96. The Kier molecular flexibility index (Phi) is 6.94. The van der Waals surface area contributed by atoms with E-state index >= 15 is 0 Å². The van der Waals surface area contributed by atoms with Crippen LogP contribution in [0.25, 0.3) is 0 Å². The molecular formula is C22H33N3O3. The van der Waals surface area contributed by atoms with Gasteiger partial charge < -0.3 is 15.0 Å².